The van der Waals surface area contributed by atoms with Crippen LogP contribution >= 0.6 is 0 Å². The summed E-state index contributed by atoms with van der Waals surface area (Å²) in [4.78, 5) is 31.9. The van der Waals surface area contributed by atoms with Crippen molar-refractivity contribution in [2.75, 3.05) is 0 Å². The van der Waals surface area contributed by atoms with Crippen molar-refractivity contribution in [3.8, 4) is 0 Å². The first-order chi connectivity index (χ1) is 18.6. The number of allylic oxidation sites excluding steroid dienone is 2. The molecule has 0 amide bonds. The third-order valence-corrected chi connectivity index (χ3v) is 8.04. The molecular formula is C35H47NO2. The minimum atomic E-state index is -0.317. The number of ketones is 2. The molecule has 1 saturated carbocycles. The molecule has 0 spiro atoms. The van der Waals surface area contributed by atoms with E-state index < -0.39 is 0 Å². The summed E-state index contributed by atoms with van der Waals surface area (Å²) >= 11 is 0. The zero-order valence-corrected chi connectivity index (χ0v) is 24.0. The topological polar surface area (TPSA) is 46.5 Å². The van der Waals surface area contributed by atoms with Crippen molar-refractivity contribution in [1.29, 1.82) is 0 Å². The molecular weight excluding hydrogens is 466 g/mol. The smallest absolute Gasteiger partial charge is 0.170 e. The van der Waals surface area contributed by atoms with Gasteiger partial charge in [-0.25, -0.2) is 0 Å². The summed E-state index contributed by atoms with van der Waals surface area (Å²) in [5, 5.41) is 0. The molecule has 1 aliphatic carbocycles. The average Bonchev–Trinajstić information content (AvgIpc) is 2.97. The lowest BCUT2D eigenvalue weighted by Crippen LogP contribution is -2.34. The minimum Gasteiger partial charge on any atom is -0.300 e. The molecule has 1 heterocycles. The normalized spacial score (nSPS) is 18.2. The summed E-state index contributed by atoms with van der Waals surface area (Å²) in [5.74, 6) is 0.837. The summed E-state index contributed by atoms with van der Waals surface area (Å²) in [7, 11) is 0. The molecule has 1 atom stereocenters. The van der Waals surface area contributed by atoms with Crippen molar-refractivity contribution < 1.29 is 9.59 Å². The van der Waals surface area contributed by atoms with Crippen LogP contribution in [-0.4, -0.2) is 17.3 Å². The second-order valence-electron chi connectivity index (χ2n) is 10.7. The Morgan fingerprint density at radius 2 is 1.45 bits per heavy atom. The Hall–Kier alpha value is -2.81. The highest BCUT2D eigenvalue weighted by atomic mass is 16.1. The van der Waals surface area contributed by atoms with E-state index in [1.807, 2.05) is 57.2 Å². The Morgan fingerprint density at radius 3 is 2.00 bits per heavy atom. The van der Waals surface area contributed by atoms with Gasteiger partial charge in [0.2, 0.25) is 0 Å². The first kappa shape index (κ1) is 29.7. The zero-order valence-electron chi connectivity index (χ0n) is 24.0. The van der Waals surface area contributed by atoms with Gasteiger partial charge in [0.15, 0.2) is 5.78 Å². The molecule has 2 aliphatic rings. The Labute approximate surface area is 230 Å². The highest BCUT2D eigenvalue weighted by Gasteiger charge is 2.38. The van der Waals surface area contributed by atoms with E-state index in [0.29, 0.717) is 31.5 Å². The molecule has 0 saturated heterocycles. The lowest BCUT2D eigenvalue weighted by molar-refractivity contribution is -0.120. The molecule has 2 aromatic carbocycles. The minimum absolute atomic E-state index is 0.0748. The molecule has 0 aromatic heterocycles. The third-order valence-electron chi connectivity index (χ3n) is 8.04. The average molecular weight is 514 g/mol. The molecule has 204 valence electrons. The van der Waals surface area contributed by atoms with Gasteiger partial charge in [-0.05, 0) is 43.2 Å². The number of benzene rings is 2. The summed E-state index contributed by atoms with van der Waals surface area (Å²) in [6, 6.07) is 20.6. The maximum atomic E-state index is 14.1. The van der Waals surface area contributed by atoms with E-state index >= 15 is 0 Å². The lowest BCUT2D eigenvalue weighted by atomic mass is 9.73. The molecule has 4 rings (SSSR count). The van der Waals surface area contributed by atoms with Gasteiger partial charge in [0, 0.05) is 35.7 Å². The van der Waals surface area contributed by atoms with E-state index in [-0.39, 0.29) is 17.6 Å². The van der Waals surface area contributed by atoms with Crippen LogP contribution in [0.1, 0.15) is 115 Å². The van der Waals surface area contributed by atoms with Crippen LogP contribution in [0.2, 0.25) is 0 Å². The van der Waals surface area contributed by atoms with E-state index in [0.717, 1.165) is 46.9 Å². The van der Waals surface area contributed by atoms with Gasteiger partial charge in [0.1, 0.15) is 5.78 Å². The monoisotopic (exact) mass is 513 g/mol. The van der Waals surface area contributed by atoms with Gasteiger partial charge in [-0.3, -0.25) is 14.6 Å². The molecule has 38 heavy (non-hydrogen) atoms. The van der Waals surface area contributed by atoms with Crippen molar-refractivity contribution in [3.63, 3.8) is 0 Å². The van der Waals surface area contributed by atoms with Crippen molar-refractivity contribution in [2.24, 2.45) is 16.8 Å². The quantitative estimate of drug-likeness (QED) is 0.300. The predicted molar refractivity (Wildman–Crippen MR) is 160 cm³/mol. The van der Waals surface area contributed by atoms with Crippen molar-refractivity contribution >= 4 is 17.3 Å². The molecule has 1 fully saturated rings. The highest BCUT2D eigenvalue weighted by molar-refractivity contribution is 6.15. The number of carbonyl (C=O) groups excluding carboxylic acids is 2. The summed E-state index contributed by atoms with van der Waals surface area (Å²) in [5.41, 5.74) is 4.82. The fourth-order valence-corrected chi connectivity index (χ4v) is 6.11. The van der Waals surface area contributed by atoms with Gasteiger partial charge in [-0.15, -0.1) is 0 Å². The number of aliphatic imine (C=N–C) groups is 1. The lowest BCUT2D eigenvalue weighted by Gasteiger charge is -2.31. The Morgan fingerprint density at radius 1 is 0.868 bits per heavy atom. The van der Waals surface area contributed by atoms with Gasteiger partial charge >= 0.3 is 0 Å². The van der Waals surface area contributed by atoms with Crippen molar-refractivity contribution in [1.82, 2.24) is 0 Å². The van der Waals surface area contributed by atoms with Crippen LogP contribution in [0.5, 0.6) is 0 Å². The van der Waals surface area contributed by atoms with Crippen molar-refractivity contribution in [2.45, 2.75) is 104 Å². The van der Waals surface area contributed by atoms with Crippen LogP contribution < -0.4 is 0 Å². The molecule has 0 bridgehead atoms. The second kappa shape index (κ2) is 15.6. The van der Waals surface area contributed by atoms with Gasteiger partial charge in [0.05, 0.1) is 5.92 Å². The molecule has 0 radical (unpaired) electrons. The first-order valence-electron chi connectivity index (χ1n) is 15.0. The summed E-state index contributed by atoms with van der Waals surface area (Å²) in [6.07, 6.45) is 10.9. The van der Waals surface area contributed by atoms with E-state index in [4.69, 9.17) is 4.99 Å². The molecule has 0 N–H and O–H groups in total. The van der Waals surface area contributed by atoms with Crippen LogP contribution in [0.3, 0.4) is 0 Å². The maximum absolute atomic E-state index is 14.1. The highest BCUT2D eigenvalue weighted by Crippen LogP contribution is 2.39. The van der Waals surface area contributed by atoms with Crippen LogP contribution in [0.25, 0.3) is 0 Å². The number of hydrogen-bond acceptors (Lipinski definition) is 3. The first-order valence-corrected chi connectivity index (χ1v) is 15.0. The second-order valence-corrected chi connectivity index (χ2v) is 10.7. The van der Waals surface area contributed by atoms with Gasteiger partial charge in [-0.1, -0.05) is 120 Å². The van der Waals surface area contributed by atoms with E-state index in [2.05, 4.69) is 31.2 Å². The number of carbonyl (C=O) groups is 2. The van der Waals surface area contributed by atoms with E-state index in [1.54, 1.807) is 0 Å². The van der Waals surface area contributed by atoms with Crippen LogP contribution in [0.15, 0.2) is 76.9 Å². The van der Waals surface area contributed by atoms with E-state index in [9.17, 15) is 9.59 Å². The van der Waals surface area contributed by atoms with Crippen LogP contribution in [0, 0.1) is 11.8 Å². The zero-order chi connectivity index (χ0) is 27.3. The summed E-state index contributed by atoms with van der Waals surface area (Å²) < 4.78 is 0. The Kier molecular flexibility index (Phi) is 12.2. The molecule has 1 aliphatic heterocycles. The number of nitrogens with zero attached hydrogens (tertiary/aromatic N) is 1. The predicted octanol–water partition coefficient (Wildman–Crippen LogP) is 9.27. The number of Topliss-reactive ketones (excluding diaryl/α,β-unsaturated/α-hetero) is 2. The fraction of sp³-hybridized carbons (Fsp3) is 0.514. The third kappa shape index (κ3) is 7.85. The molecule has 2 aromatic rings. The molecule has 3 nitrogen and oxygen atoms in total. The van der Waals surface area contributed by atoms with Crippen molar-refractivity contribution in [3.05, 3.63) is 83.1 Å². The van der Waals surface area contributed by atoms with Crippen LogP contribution in [0.4, 0.5) is 0 Å². The standard InChI is InChI=1S/C33H41NO2.C2H6/c1-3-13-29-30(23-22-28(35)21-20-25-14-7-4-8-15-25)34-24(2)31(33(29)36)32(26-16-9-5-10-17-26)27-18-11-6-12-19-27;1-2/h5-6,9-12,16-19,25,31-32H,3-4,7-8,13-15,20-23H2,1-2H3;1-2H3. The number of hydrogen-bond donors (Lipinski definition) is 0. The van der Waals surface area contributed by atoms with E-state index in [1.165, 1.54) is 32.1 Å². The van der Waals surface area contributed by atoms with Gasteiger partial charge < -0.3 is 0 Å². The van der Waals surface area contributed by atoms with Crippen LogP contribution in [-0.2, 0) is 9.59 Å². The fourth-order valence-electron chi connectivity index (χ4n) is 6.11. The Balaban J connectivity index is 0.00000195. The SMILES string of the molecule is CC.CCCC1=C(CCC(=O)CCC2CCCCC2)N=C(C)C(C(c2ccccc2)c2ccccc2)C1=O. The van der Waals surface area contributed by atoms with Gasteiger partial charge in [0.25, 0.3) is 0 Å². The number of rotatable bonds is 11. The van der Waals surface area contributed by atoms with Gasteiger partial charge in [-0.2, -0.15) is 0 Å². The molecule has 3 heteroatoms. The molecule has 1 unspecified atom stereocenters. The Bertz CT molecular complexity index is 1040. The largest absolute Gasteiger partial charge is 0.300 e. The maximum Gasteiger partial charge on any atom is 0.170 e. The summed E-state index contributed by atoms with van der Waals surface area (Å²) in [6.45, 7) is 8.11.